The van der Waals surface area contributed by atoms with Crippen molar-refractivity contribution in [2.24, 2.45) is 0 Å². The first kappa shape index (κ1) is 20.1. The summed E-state index contributed by atoms with van der Waals surface area (Å²) in [5.41, 5.74) is 1.02. The summed E-state index contributed by atoms with van der Waals surface area (Å²) in [7, 11) is 0. The third-order valence-corrected chi connectivity index (χ3v) is 4.39. The fourth-order valence-electron chi connectivity index (χ4n) is 2.24. The highest BCUT2D eigenvalue weighted by Gasteiger charge is 2.22. The van der Waals surface area contributed by atoms with Gasteiger partial charge in [-0.3, -0.25) is 10.1 Å². The number of nitrogens with zero attached hydrogens (tertiary/aromatic N) is 3. The lowest BCUT2D eigenvalue weighted by atomic mass is 10.2. The van der Waals surface area contributed by atoms with Crippen molar-refractivity contribution in [2.45, 2.75) is 13.8 Å². The summed E-state index contributed by atoms with van der Waals surface area (Å²) >= 11 is 18.3. The predicted molar refractivity (Wildman–Crippen MR) is 106 cm³/mol. The van der Waals surface area contributed by atoms with Gasteiger partial charge in [-0.25, -0.2) is 9.97 Å². The minimum atomic E-state index is -0.624. The number of halogens is 3. The van der Waals surface area contributed by atoms with E-state index in [2.05, 4.69) is 9.97 Å². The van der Waals surface area contributed by atoms with Crippen molar-refractivity contribution in [1.29, 1.82) is 0 Å². The second-order valence-corrected chi connectivity index (χ2v) is 6.82. The number of hydrogen-bond donors (Lipinski definition) is 0. The van der Waals surface area contributed by atoms with Gasteiger partial charge in [0, 0.05) is 23.5 Å². The van der Waals surface area contributed by atoms with Crippen LogP contribution in [0.15, 0.2) is 36.4 Å². The van der Waals surface area contributed by atoms with E-state index in [9.17, 15) is 10.1 Å². The maximum atomic E-state index is 11.4. The Hall–Kier alpha value is -2.61. The second-order valence-electron chi connectivity index (χ2n) is 5.69. The molecule has 0 N–H and O–H groups in total. The molecule has 0 saturated heterocycles. The molecule has 2 heterocycles. The summed E-state index contributed by atoms with van der Waals surface area (Å²) in [5, 5.41) is 11.6. The summed E-state index contributed by atoms with van der Waals surface area (Å²) < 4.78 is 11.3. The van der Waals surface area contributed by atoms with Crippen LogP contribution in [0, 0.1) is 24.0 Å². The zero-order valence-electron chi connectivity index (χ0n) is 14.6. The molecular formula is C18H12Cl3N3O4. The van der Waals surface area contributed by atoms with Crippen LogP contribution in [0.2, 0.25) is 15.3 Å². The Morgan fingerprint density at radius 3 is 1.79 bits per heavy atom. The van der Waals surface area contributed by atoms with Gasteiger partial charge in [-0.15, -0.1) is 0 Å². The number of rotatable bonds is 5. The van der Waals surface area contributed by atoms with E-state index in [4.69, 9.17) is 44.3 Å². The fraction of sp³-hybridized carbons (Fsp3) is 0.111. The fourth-order valence-corrected chi connectivity index (χ4v) is 2.91. The molecule has 3 aromatic rings. The van der Waals surface area contributed by atoms with Gasteiger partial charge in [0.25, 0.3) is 0 Å². The zero-order chi connectivity index (χ0) is 20.4. The van der Waals surface area contributed by atoms with Crippen molar-refractivity contribution in [3.63, 3.8) is 0 Å². The van der Waals surface area contributed by atoms with E-state index in [0.717, 1.165) is 6.07 Å². The van der Waals surface area contributed by atoms with Crippen LogP contribution in [0.5, 0.6) is 23.0 Å². The van der Waals surface area contributed by atoms with Crippen molar-refractivity contribution in [3.8, 4) is 23.0 Å². The van der Waals surface area contributed by atoms with E-state index in [1.807, 2.05) is 0 Å². The zero-order valence-corrected chi connectivity index (χ0v) is 16.8. The lowest BCUT2D eigenvalue weighted by Gasteiger charge is -2.12. The molecule has 0 aliphatic heterocycles. The van der Waals surface area contributed by atoms with Gasteiger partial charge in [0.1, 0.15) is 5.75 Å². The molecule has 10 heteroatoms. The molecule has 144 valence electrons. The van der Waals surface area contributed by atoms with Crippen molar-refractivity contribution in [2.75, 3.05) is 0 Å². The van der Waals surface area contributed by atoms with Gasteiger partial charge in [0.05, 0.1) is 9.95 Å². The molecule has 0 aliphatic rings. The molecule has 0 aliphatic carbocycles. The van der Waals surface area contributed by atoms with Crippen LogP contribution in [-0.2, 0) is 0 Å². The van der Waals surface area contributed by atoms with Crippen LogP contribution < -0.4 is 9.47 Å². The summed E-state index contributed by atoms with van der Waals surface area (Å²) in [4.78, 5) is 18.9. The van der Waals surface area contributed by atoms with E-state index in [1.54, 1.807) is 38.1 Å². The summed E-state index contributed by atoms with van der Waals surface area (Å²) in [6.07, 6.45) is 0. The second kappa shape index (κ2) is 8.18. The van der Waals surface area contributed by atoms with Gasteiger partial charge >= 0.3 is 5.69 Å². The summed E-state index contributed by atoms with van der Waals surface area (Å²) in [5.74, 6) is 0.377. The molecule has 7 nitrogen and oxygen atoms in total. The number of nitro groups is 1. The topological polar surface area (TPSA) is 87.4 Å². The first-order chi connectivity index (χ1) is 13.2. The van der Waals surface area contributed by atoms with Crippen LogP contribution >= 0.6 is 34.8 Å². The number of pyridine rings is 2. The molecule has 0 bridgehead atoms. The van der Waals surface area contributed by atoms with Gasteiger partial charge < -0.3 is 9.47 Å². The van der Waals surface area contributed by atoms with Crippen LogP contribution in [0.25, 0.3) is 0 Å². The number of ether oxygens (including phenoxy) is 2. The molecular weight excluding hydrogens is 429 g/mol. The minimum absolute atomic E-state index is 0.00354. The number of benzene rings is 1. The molecule has 0 spiro atoms. The van der Waals surface area contributed by atoms with Crippen molar-refractivity contribution >= 4 is 40.5 Å². The van der Waals surface area contributed by atoms with Crippen molar-refractivity contribution < 1.29 is 14.4 Å². The summed E-state index contributed by atoms with van der Waals surface area (Å²) in [6, 6.07) is 8.95. The lowest BCUT2D eigenvalue weighted by Crippen LogP contribution is -1.97. The van der Waals surface area contributed by atoms with Crippen LogP contribution in [0.3, 0.4) is 0 Å². The van der Waals surface area contributed by atoms with E-state index in [-0.39, 0.29) is 44.0 Å². The predicted octanol–water partition coefficient (Wildman–Crippen LogP) is 6.55. The number of aryl methyl sites for hydroxylation is 2. The third kappa shape index (κ3) is 4.44. The monoisotopic (exact) mass is 439 g/mol. The number of hydrogen-bond acceptors (Lipinski definition) is 6. The molecule has 0 unspecified atom stereocenters. The first-order valence-electron chi connectivity index (χ1n) is 7.84. The number of aromatic nitrogens is 2. The standard InChI is InChI=1S/C18H12Cl3N3O4/c1-9-3-5-13(17(20)22-9)27-15-8-16(12(24(25)26)7-11(15)19)28-14-6-4-10(2)23-18(14)21/h3-8H,1-2H3. The normalized spacial score (nSPS) is 10.6. The Morgan fingerprint density at radius 1 is 0.821 bits per heavy atom. The largest absolute Gasteiger partial charge is 0.452 e. The van der Waals surface area contributed by atoms with Gasteiger partial charge in [0.2, 0.25) is 5.75 Å². The molecule has 28 heavy (non-hydrogen) atoms. The molecule has 0 fully saturated rings. The Morgan fingerprint density at radius 2 is 1.32 bits per heavy atom. The Bertz CT molecular complexity index is 1080. The van der Waals surface area contributed by atoms with E-state index < -0.39 is 4.92 Å². The number of nitro benzene ring substituents is 1. The maximum absolute atomic E-state index is 11.4. The van der Waals surface area contributed by atoms with E-state index in [0.29, 0.717) is 11.4 Å². The van der Waals surface area contributed by atoms with E-state index in [1.165, 1.54) is 6.07 Å². The molecule has 0 saturated carbocycles. The quantitative estimate of drug-likeness (QED) is 0.254. The van der Waals surface area contributed by atoms with Crippen LogP contribution in [0.4, 0.5) is 5.69 Å². The van der Waals surface area contributed by atoms with E-state index >= 15 is 0 Å². The van der Waals surface area contributed by atoms with Gasteiger partial charge in [-0.2, -0.15) is 0 Å². The van der Waals surface area contributed by atoms with Crippen molar-refractivity contribution in [1.82, 2.24) is 9.97 Å². The SMILES string of the molecule is Cc1ccc(Oc2cc(Oc3ccc(C)nc3Cl)c([N+](=O)[O-])cc2Cl)c(Cl)n1. The average molecular weight is 441 g/mol. The Kier molecular flexibility index (Phi) is 5.88. The minimum Gasteiger partial charge on any atom is -0.452 e. The lowest BCUT2D eigenvalue weighted by molar-refractivity contribution is -0.385. The Balaban J connectivity index is 2.02. The highest BCUT2D eigenvalue weighted by atomic mass is 35.5. The first-order valence-corrected chi connectivity index (χ1v) is 8.98. The maximum Gasteiger partial charge on any atom is 0.313 e. The highest BCUT2D eigenvalue weighted by molar-refractivity contribution is 6.32. The smallest absolute Gasteiger partial charge is 0.313 e. The molecule has 0 atom stereocenters. The third-order valence-electron chi connectivity index (χ3n) is 3.56. The molecule has 1 aromatic carbocycles. The Labute approximate surface area is 175 Å². The summed E-state index contributed by atoms with van der Waals surface area (Å²) in [6.45, 7) is 3.53. The van der Waals surface area contributed by atoms with Crippen molar-refractivity contribution in [3.05, 3.63) is 73.2 Å². The van der Waals surface area contributed by atoms with Crippen LogP contribution in [0.1, 0.15) is 11.4 Å². The van der Waals surface area contributed by atoms with Gasteiger partial charge in [0.15, 0.2) is 21.8 Å². The van der Waals surface area contributed by atoms with Gasteiger partial charge in [-0.05, 0) is 38.1 Å². The van der Waals surface area contributed by atoms with Gasteiger partial charge in [-0.1, -0.05) is 34.8 Å². The van der Waals surface area contributed by atoms with Crippen LogP contribution in [-0.4, -0.2) is 14.9 Å². The molecule has 0 radical (unpaired) electrons. The molecule has 0 amide bonds. The average Bonchev–Trinajstić information content (AvgIpc) is 2.61. The molecule has 2 aromatic heterocycles. The molecule has 3 rings (SSSR count). The highest BCUT2D eigenvalue weighted by Crippen LogP contribution is 2.42.